The highest BCUT2D eigenvalue weighted by Crippen LogP contribution is 2.19. The van der Waals surface area contributed by atoms with Crippen molar-refractivity contribution in [3.63, 3.8) is 0 Å². The summed E-state index contributed by atoms with van der Waals surface area (Å²) in [5.74, 6) is 1.37. The van der Waals surface area contributed by atoms with E-state index in [1.54, 1.807) is 6.26 Å². The Morgan fingerprint density at radius 1 is 1.14 bits per heavy atom. The normalized spacial score (nSPS) is 11.7. The van der Waals surface area contributed by atoms with Crippen LogP contribution in [-0.2, 0) is 20.1 Å². The quantitative estimate of drug-likeness (QED) is 0.507. The van der Waals surface area contributed by atoms with Crippen molar-refractivity contribution in [2.75, 3.05) is 6.54 Å². The number of aryl methyl sites for hydroxylation is 3. The summed E-state index contributed by atoms with van der Waals surface area (Å²) in [6, 6.07) is 8.14. The van der Waals surface area contributed by atoms with Crippen LogP contribution in [0, 0.1) is 20.8 Å². The zero-order chi connectivity index (χ0) is 20.1. The first-order chi connectivity index (χ1) is 13.5. The predicted octanol–water partition coefficient (Wildman–Crippen LogP) is 3.26. The van der Waals surface area contributed by atoms with Crippen molar-refractivity contribution in [1.29, 1.82) is 0 Å². The topological polar surface area (TPSA) is 80.3 Å². The average molecular weight is 380 g/mol. The van der Waals surface area contributed by atoms with Crippen molar-refractivity contribution in [3.05, 3.63) is 58.7 Å². The van der Waals surface area contributed by atoms with Crippen molar-refractivity contribution in [1.82, 2.24) is 25.4 Å². The molecule has 148 valence electrons. The summed E-state index contributed by atoms with van der Waals surface area (Å²) in [7, 11) is 1.95. The predicted molar refractivity (Wildman–Crippen MR) is 111 cm³/mol. The van der Waals surface area contributed by atoms with Gasteiger partial charge in [0.05, 0.1) is 24.5 Å². The Hall–Kier alpha value is -3.09. The van der Waals surface area contributed by atoms with E-state index < -0.39 is 0 Å². The minimum atomic E-state index is 0.534. The summed E-state index contributed by atoms with van der Waals surface area (Å²) in [6.45, 7) is 10.1. The molecule has 0 aliphatic heterocycles. The Morgan fingerprint density at radius 2 is 1.89 bits per heavy atom. The summed E-state index contributed by atoms with van der Waals surface area (Å²) >= 11 is 0. The highest BCUT2D eigenvalue weighted by atomic mass is 16.3. The molecule has 7 heteroatoms. The number of aliphatic imine (C=N–C) groups is 1. The Kier molecular flexibility index (Phi) is 6.13. The van der Waals surface area contributed by atoms with Gasteiger partial charge in [0.1, 0.15) is 6.26 Å². The van der Waals surface area contributed by atoms with E-state index in [0.29, 0.717) is 19.0 Å². The molecule has 0 fully saturated rings. The van der Waals surface area contributed by atoms with Crippen LogP contribution in [0.25, 0.3) is 11.5 Å². The molecule has 0 unspecified atom stereocenters. The molecule has 1 aromatic carbocycles. The lowest BCUT2D eigenvalue weighted by molar-refractivity contribution is 0.572. The van der Waals surface area contributed by atoms with Crippen LogP contribution in [0.15, 0.2) is 39.9 Å². The van der Waals surface area contributed by atoms with E-state index in [1.807, 2.05) is 37.7 Å². The van der Waals surface area contributed by atoms with Crippen LogP contribution in [0.1, 0.15) is 35.1 Å². The van der Waals surface area contributed by atoms with E-state index in [9.17, 15) is 0 Å². The molecule has 3 aromatic rings. The van der Waals surface area contributed by atoms with Gasteiger partial charge in [-0.2, -0.15) is 5.10 Å². The first kappa shape index (κ1) is 19.7. The van der Waals surface area contributed by atoms with E-state index >= 15 is 0 Å². The van der Waals surface area contributed by atoms with Gasteiger partial charge in [0, 0.05) is 30.4 Å². The number of rotatable bonds is 6. The molecule has 3 rings (SSSR count). The van der Waals surface area contributed by atoms with E-state index in [4.69, 9.17) is 9.41 Å². The van der Waals surface area contributed by atoms with Crippen LogP contribution in [0.2, 0.25) is 0 Å². The van der Waals surface area contributed by atoms with Crippen LogP contribution in [-0.4, -0.2) is 27.3 Å². The second-order valence-corrected chi connectivity index (χ2v) is 6.83. The maximum Gasteiger partial charge on any atom is 0.226 e. The molecule has 0 atom stereocenters. The number of nitrogens with one attached hydrogen (secondary N) is 2. The molecule has 0 saturated heterocycles. The number of hydrogen-bond acceptors (Lipinski definition) is 4. The number of guanidine groups is 1. The third-order valence-corrected chi connectivity index (χ3v) is 4.69. The van der Waals surface area contributed by atoms with E-state index in [-0.39, 0.29) is 0 Å². The van der Waals surface area contributed by atoms with Gasteiger partial charge in [-0.05, 0) is 39.8 Å². The van der Waals surface area contributed by atoms with E-state index in [0.717, 1.165) is 40.7 Å². The van der Waals surface area contributed by atoms with Crippen LogP contribution in [0.3, 0.4) is 0 Å². The Morgan fingerprint density at radius 3 is 2.54 bits per heavy atom. The van der Waals surface area contributed by atoms with Crippen LogP contribution in [0.4, 0.5) is 0 Å². The first-order valence-corrected chi connectivity index (χ1v) is 9.50. The Balaban J connectivity index is 1.65. The number of nitrogens with zero attached hydrogens (tertiary/aromatic N) is 4. The fourth-order valence-electron chi connectivity index (χ4n) is 2.94. The summed E-state index contributed by atoms with van der Waals surface area (Å²) in [4.78, 5) is 9.26. The average Bonchev–Trinajstić information content (AvgIpc) is 3.24. The third-order valence-electron chi connectivity index (χ3n) is 4.69. The molecule has 0 saturated carbocycles. The van der Waals surface area contributed by atoms with Crippen LogP contribution < -0.4 is 10.6 Å². The lowest BCUT2D eigenvalue weighted by Crippen LogP contribution is -2.36. The van der Waals surface area contributed by atoms with Gasteiger partial charge in [-0.25, -0.2) is 9.98 Å². The van der Waals surface area contributed by atoms with Crippen molar-refractivity contribution in [3.8, 4) is 11.5 Å². The molecule has 0 aliphatic rings. The molecule has 0 amide bonds. The monoisotopic (exact) mass is 380 g/mol. The summed E-state index contributed by atoms with van der Waals surface area (Å²) in [5, 5.41) is 11.0. The minimum Gasteiger partial charge on any atom is -0.444 e. The Labute approximate surface area is 165 Å². The van der Waals surface area contributed by atoms with Gasteiger partial charge in [0.25, 0.3) is 0 Å². The van der Waals surface area contributed by atoms with Gasteiger partial charge in [-0.3, -0.25) is 4.68 Å². The van der Waals surface area contributed by atoms with Crippen LogP contribution >= 0.6 is 0 Å². The fourth-order valence-corrected chi connectivity index (χ4v) is 2.94. The maximum atomic E-state index is 5.62. The van der Waals surface area contributed by atoms with Gasteiger partial charge in [-0.15, -0.1) is 0 Å². The van der Waals surface area contributed by atoms with E-state index in [1.165, 1.54) is 5.56 Å². The third kappa shape index (κ3) is 4.60. The zero-order valence-electron chi connectivity index (χ0n) is 17.2. The summed E-state index contributed by atoms with van der Waals surface area (Å²) < 4.78 is 7.52. The molecule has 0 radical (unpaired) electrons. The molecule has 28 heavy (non-hydrogen) atoms. The maximum absolute atomic E-state index is 5.62. The molecule has 2 heterocycles. The lowest BCUT2D eigenvalue weighted by atomic mass is 10.1. The van der Waals surface area contributed by atoms with Gasteiger partial charge in [-0.1, -0.05) is 17.7 Å². The molecule has 0 spiro atoms. The van der Waals surface area contributed by atoms with Gasteiger partial charge >= 0.3 is 0 Å². The van der Waals surface area contributed by atoms with Crippen LogP contribution in [0.5, 0.6) is 0 Å². The molecular weight excluding hydrogens is 352 g/mol. The highest BCUT2D eigenvalue weighted by Gasteiger charge is 2.10. The number of aromatic nitrogens is 3. The number of oxazole rings is 1. The second kappa shape index (κ2) is 8.73. The van der Waals surface area contributed by atoms with Crippen molar-refractivity contribution in [2.24, 2.45) is 12.0 Å². The second-order valence-electron chi connectivity index (χ2n) is 6.83. The Bertz CT molecular complexity index is 952. The molecule has 2 aromatic heterocycles. The SMILES string of the molecule is CCNC(=NCc1c(C)nn(C)c1C)NCc1coc(-c2ccc(C)cc2)n1. The van der Waals surface area contributed by atoms with Gasteiger partial charge < -0.3 is 15.1 Å². The molecule has 2 N–H and O–H groups in total. The number of hydrogen-bond donors (Lipinski definition) is 2. The fraction of sp³-hybridized carbons (Fsp3) is 0.381. The van der Waals surface area contributed by atoms with Crippen molar-refractivity contribution >= 4 is 5.96 Å². The molecule has 0 aliphatic carbocycles. The minimum absolute atomic E-state index is 0.534. The van der Waals surface area contributed by atoms with E-state index in [2.05, 4.69) is 46.7 Å². The van der Waals surface area contributed by atoms with Gasteiger partial charge in [0.2, 0.25) is 5.89 Å². The zero-order valence-corrected chi connectivity index (χ0v) is 17.2. The highest BCUT2D eigenvalue weighted by molar-refractivity contribution is 5.79. The summed E-state index contributed by atoms with van der Waals surface area (Å²) in [5.41, 5.74) is 6.32. The smallest absolute Gasteiger partial charge is 0.226 e. The molecular formula is C21H28N6O. The molecule has 7 nitrogen and oxygen atoms in total. The van der Waals surface area contributed by atoms with Gasteiger partial charge in [0.15, 0.2) is 5.96 Å². The standard InChI is InChI=1S/C21H28N6O/c1-6-22-21(24-12-19-15(3)26-27(5)16(19)4)23-11-18-13-28-20(25-18)17-9-7-14(2)8-10-17/h7-10,13H,6,11-12H2,1-5H3,(H2,22,23,24). The largest absolute Gasteiger partial charge is 0.444 e. The molecule has 0 bridgehead atoms. The lowest BCUT2D eigenvalue weighted by Gasteiger charge is -2.10. The number of benzene rings is 1. The first-order valence-electron chi connectivity index (χ1n) is 9.50. The van der Waals surface area contributed by atoms with Crippen molar-refractivity contribution in [2.45, 2.75) is 40.8 Å². The summed E-state index contributed by atoms with van der Waals surface area (Å²) in [6.07, 6.45) is 1.68. The van der Waals surface area contributed by atoms with Crippen molar-refractivity contribution < 1.29 is 4.42 Å².